The Labute approximate surface area is 200 Å². The molecule has 1 saturated heterocycles. The van der Waals surface area contributed by atoms with Crippen LogP contribution in [0.2, 0.25) is 0 Å². The summed E-state index contributed by atoms with van der Waals surface area (Å²) in [6.07, 6.45) is 2.02. The van der Waals surface area contributed by atoms with Gasteiger partial charge >= 0.3 is 0 Å². The zero-order valence-electron chi connectivity index (χ0n) is 20.0. The number of nitrogens with one attached hydrogen (secondary N) is 2. The van der Waals surface area contributed by atoms with Crippen molar-refractivity contribution in [2.75, 3.05) is 33.9 Å². The van der Waals surface area contributed by atoms with Crippen molar-refractivity contribution in [1.29, 1.82) is 0 Å². The molecule has 3 amide bonds. The molecule has 0 radical (unpaired) electrons. The lowest BCUT2D eigenvalue weighted by Crippen LogP contribution is -2.54. The summed E-state index contributed by atoms with van der Waals surface area (Å²) in [5.41, 5.74) is 1.000. The summed E-state index contributed by atoms with van der Waals surface area (Å²) in [6.45, 7) is 3.53. The molecule has 1 atom stereocenters. The summed E-state index contributed by atoms with van der Waals surface area (Å²) in [6, 6.07) is 13.2. The molecule has 0 aromatic heterocycles. The van der Waals surface area contributed by atoms with Crippen LogP contribution < -0.4 is 20.1 Å². The van der Waals surface area contributed by atoms with Crippen molar-refractivity contribution in [2.24, 2.45) is 5.92 Å². The van der Waals surface area contributed by atoms with Gasteiger partial charge in [0.25, 0.3) is 11.8 Å². The first-order chi connectivity index (χ1) is 16.5. The van der Waals surface area contributed by atoms with Crippen LogP contribution in [0.25, 0.3) is 0 Å². The first-order valence-electron chi connectivity index (χ1n) is 11.6. The molecule has 182 valence electrons. The van der Waals surface area contributed by atoms with Crippen LogP contribution in [-0.4, -0.2) is 62.5 Å². The molecule has 8 nitrogen and oxygen atoms in total. The zero-order valence-corrected chi connectivity index (χ0v) is 20.0. The molecule has 0 saturated carbocycles. The molecule has 3 rings (SSSR count). The lowest BCUT2D eigenvalue weighted by atomic mass is 9.88. The first kappa shape index (κ1) is 25.1. The molecule has 34 heavy (non-hydrogen) atoms. The standard InChI is InChI=1S/C26H33N3O5/c1-4-13-27-25(31)23(28-24(30)19-7-5-9-21(16-19)33-2)18-11-14-29(15-12-18)26(32)20-8-6-10-22(17-20)34-3/h5-10,16-18,23H,4,11-15H2,1-3H3,(H,27,31)(H,28,30). The monoisotopic (exact) mass is 467 g/mol. The maximum Gasteiger partial charge on any atom is 0.253 e. The van der Waals surface area contributed by atoms with Crippen molar-refractivity contribution in [1.82, 2.24) is 15.5 Å². The SMILES string of the molecule is CCCNC(=O)C(NC(=O)c1cccc(OC)c1)C1CCN(C(=O)c2cccc(OC)c2)CC1. The van der Waals surface area contributed by atoms with Gasteiger partial charge in [-0.15, -0.1) is 0 Å². The Bertz CT molecular complexity index is 1000. The molecule has 1 aliphatic heterocycles. The van der Waals surface area contributed by atoms with E-state index in [0.717, 1.165) is 6.42 Å². The molecule has 8 heteroatoms. The second-order valence-electron chi connectivity index (χ2n) is 8.34. The van der Waals surface area contributed by atoms with Crippen molar-refractivity contribution in [3.8, 4) is 11.5 Å². The van der Waals surface area contributed by atoms with Gasteiger partial charge in [-0.1, -0.05) is 19.1 Å². The Morgan fingerprint density at radius 1 is 0.971 bits per heavy atom. The highest BCUT2D eigenvalue weighted by Gasteiger charge is 2.34. The van der Waals surface area contributed by atoms with E-state index in [1.807, 2.05) is 6.92 Å². The number of piperidine rings is 1. The number of nitrogens with zero attached hydrogens (tertiary/aromatic N) is 1. The average molecular weight is 468 g/mol. The number of carbonyl (C=O) groups is 3. The minimum Gasteiger partial charge on any atom is -0.497 e. The van der Waals surface area contributed by atoms with Crippen molar-refractivity contribution in [2.45, 2.75) is 32.2 Å². The molecule has 2 aromatic carbocycles. The highest BCUT2D eigenvalue weighted by molar-refractivity contribution is 5.98. The van der Waals surface area contributed by atoms with E-state index in [4.69, 9.17) is 9.47 Å². The highest BCUT2D eigenvalue weighted by Crippen LogP contribution is 2.24. The number of hydrogen-bond acceptors (Lipinski definition) is 5. The van der Waals surface area contributed by atoms with E-state index in [0.29, 0.717) is 55.1 Å². The van der Waals surface area contributed by atoms with Crippen LogP contribution >= 0.6 is 0 Å². The van der Waals surface area contributed by atoms with Crippen LogP contribution in [0, 0.1) is 5.92 Å². The number of hydrogen-bond donors (Lipinski definition) is 2. The normalized spacial score (nSPS) is 14.7. The van der Waals surface area contributed by atoms with Crippen molar-refractivity contribution in [3.63, 3.8) is 0 Å². The van der Waals surface area contributed by atoms with Crippen LogP contribution in [0.15, 0.2) is 48.5 Å². The third-order valence-electron chi connectivity index (χ3n) is 6.07. The van der Waals surface area contributed by atoms with Crippen LogP contribution in [0.5, 0.6) is 11.5 Å². The first-order valence-corrected chi connectivity index (χ1v) is 11.6. The number of benzene rings is 2. The van der Waals surface area contributed by atoms with E-state index in [1.54, 1.807) is 67.7 Å². The van der Waals surface area contributed by atoms with Crippen LogP contribution in [0.4, 0.5) is 0 Å². The number of likely N-dealkylation sites (tertiary alicyclic amines) is 1. The molecule has 2 aromatic rings. The molecule has 0 aliphatic carbocycles. The lowest BCUT2D eigenvalue weighted by molar-refractivity contribution is -0.124. The van der Waals surface area contributed by atoms with Gasteiger partial charge in [0.15, 0.2) is 0 Å². The van der Waals surface area contributed by atoms with E-state index in [9.17, 15) is 14.4 Å². The molecule has 0 spiro atoms. The van der Waals surface area contributed by atoms with E-state index < -0.39 is 6.04 Å². The fourth-order valence-electron chi connectivity index (χ4n) is 4.12. The number of methoxy groups -OCH3 is 2. The third kappa shape index (κ3) is 6.27. The van der Waals surface area contributed by atoms with Crippen LogP contribution in [0.1, 0.15) is 46.9 Å². The molecular weight excluding hydrogens is 434 g/mol. The minimum atomic E-state index is -0.681. The lowest BCUT2D eigenvalue weighted by Gasteiger charge is -2.36. The second kappa shape index (κ2) is 12.1. The maximum absolute atomic E-state index is 13.0. The predicted molar refractivity (Wildman–Crippen MR) is 129 cm³/mol. The largest absolute Gasteiger partial charge is 0.497 e. The fourth-order valence-corrected chi connectivity index (χ4v) is 4.12. The van der Waals surface area contributed by atoms with Crippen LogP contribution in [-0.2, 0) is 4.79 Å². The second-order valence-corrected chi connectivity index (χ2v) is 8.34. The molecule has 0 bridgehead atoms. The molecule has 1 aliphatic rings. The van der Waals surface area contributed by atoms with Crippen molar-refractivity contribution < 1.29 is 23.9 Å². The Morgan fingerprint density at radius 2 is 1.56 bits per heavy atom. The summed E-state index contributed by atoms with van der Waals surface area (Å²) in [7, 11) is 3.11. The summed E-state index contributed by atoms with van der Waals surface area (Å²) in [4.78, 5) is 40.6. The van der Waals surface area contributed by atoms with E-state index in [1.165, 1.54) is 0 Å². The van der Waals surface area contributed by atoms with Gasteiger partial charge in [0.05, 0.1) is 14.2 Å². The molecule has 1 heterocycles. The summed E-state index contributed by atoms with van der Waals surface area (Å²) >= 11 is 0. The number of amides is 3. The van der Waals surface area contributed by atoms with Gasteiger partial charge in [0.1, 0.15) is 17.5 Å². The summed E-state index contributed by atoms with van der Waals surface area (Å²) < 4.78 is 10.4. The Hall–Kier alpha value is -3.55. The molecular formula is C26H33N3O5. The predicted octanol–water partition coefficient (Wildman–Crippen LogP) is 2.88. The molecule has 1 unspecified atom stereocenters. The van der Waals surface area contributed by atoms with Gasteiger partial charge in [0, 0.05) is 30.8 Å². The Morgan fingerprint density at radius 3 is 2.15 bits per heavy atom. The third-order valence-corrected chi connectivity index (χ3v) is 6.07. The zero-order chi connectivity index (χ0) is 24.5. The van der Waals surface area contributed by atoms with Gasteiger partial charge in [-0.3, -0.25) is 14.4 Å². The molecule has 1 fully saturated rings. The molecule has 2 N–H and O–H groups in total. The van der Waals surface area contributed by atoms with Gasteiger partial charge in [-0.2, -0.15) is 0 Å². The maximum atomic E-state index is 13.0. The number of carbonyl (C=O) groups excluding carboxylic acids is 3. The van der Waals surface area contributed by atoms with Crippen molar-refractivity contribution in [3.05, 3.63) is 59.7 Å². The van der Waals surface area contributed by atoms with E-state index in [2.05, 4.69) is 10.6 Å². The van der Waals surface area contributed by atoms with E-state index >= 15 is 0 Å². The Kier molecular flexibility index (Phi) is 8.90. The Balaban J connectivity index is 1.69. The topological polar surface area (TPSA) is 97.0 Å². The smallest absolute Gasteiger partial charge is 0.253 e. The number of rotatable bonds is 9. The average Bonchev–Trinajstić information content (AvgIpc) is 2.89. The minimum absolute atomic E-state index is 0.0650. The van der Waals surface area contributed by atoms with E-state index in [-0.39, 0.29) is 23.6 Å². The van der Waals surface area contributed by atoms with Crippen LogP contribution in [0.3, 0.4) is 0 Å². The van der Waals surface area contributed by atoms with Gasteiger partial charge < -0.3 is 25.0 Å². The summed E-state index contributed by atoms with van der Waals surface area (Å²) in [5.74, 6) is 0.532. The quantitative estimate of drug-likeness (QED) is 0.591. The van der Waals surface area contributed by atoms with Gasteiger partial charge in [-0.05, 0) is 61.6 Å². The fraction of sp³-hybridized carbons (Fsp3) is 0.423. The number of ether oxygens (including phenoxy) is 2. The van der Waals surface area contributed by atoms with Gasteiger partial charge in [0.2, 0.25) is 5.91 Å². The van der Waals surface area contributed by atoms with Gasteiger partial charge in [-0.25, -0.2) is 0 Å². The van der Waals surface area contributed by atoms with Crippen molar-refractivity contribution >= 4 is 17.7 Å². The highest BCUT2D eigenvalue weighted by atomic mass is 16.5. The summed E-state index contributed by atoms with van der Waals surface area (Å²) in [5, 5.41) is 5.84.